The summed E-state index contributed by atoms with van der Waals surface area (Å²) >= 11 is 0. The van der Waals surface area contributed by atoms with Crippen molar-refractivity contribution in [3.63, 3.8) is 0 Å². The Morgan fingerprint density at radius 2 is 1.88 bits per heavy atom. The van der Waals surface area contributed by atoms with Gasteiger partial charge in [0.25, 0.3) is 5.91 Å². The minimum Gasteiger partial charge on any atom is -0.355 e. The lowest BCUT2D eigenvalue weighted by Gasteiger charge is -2.10. The molecule has 17 heavy (non-hydrogen) atoms. The largest absolute Gasteiger partial charge is 0.355 e. The number of carbonyl (C=O) groups excluding carboxylic acids is 2. The van der Waals surface area contributed by atoms with E-state index in [2.05, 4.69) is 10.6 Å². The molecule has 1 rings (SSSR count). The van der Waals surface area contributed by atoms with Crippen molar-refractivity contribution in [2.45, 2.75) is 19.4 Å². The average molecular weight is 235 g/mol. The van der Waals surface area contributed by atoms with Gasteiger partial charge in [-0.25, -0.2) is 0 Å². The van der Waals surface area contributed by atoms with E-state index in [0.717, 1.165) is 0 Å². The van der Waals surface area contributed by atoms with Crippen molar-refractivity contribution >= 4 is 17.5 Å². The van der Waals surface area contributed by atoms with Gasteiger partial charge in [-0.1, -0.05) is 6.92 Å². The molecule has 0 spiro atoms. The summed E-state index contributed by atoms with van der Waals surface area (Å²) < 4.78 is 0. The van der Waals surface area contributed by atoms with Crippen LogP contribution in [-0.2, 0) is 4.79 Å². The molecule has 0 aliphatic rings. The SMILES string of the molecule is CC[C@@H](N)C(=O)Nc1ccc(C(=O)NC)cc1. The maximum Gasteiger partial charge on any atom is 0.251 e. The summed E-state index contributed by atoms with van der Waals surface area (Å²) in [6.45, 7) is 1.85. The van der Waals surface area contributed by atoms with Crippen molar-refractivity contribution in [3.8, 4) is 0 Å². The van der Waals surface area contributed by atoms with Gasteiger partial charge in [-0.15, -0.1) is 0 Å². The third kappa shape index (κ3) is 3.57. The van der Waals surface area contributed by atoms with Gasteiger partial charge in [0.15, 0.2) is 0 Å². The number of amides is 2. The van der Waals surface area contributed by atoms with E-state index < -0.39 is 6.04 Å². The predicted molar refractivity (Wildman–Crippen MR) is 66.7 cm³/mol. The number of carbonyl (C=O) groups is 2. The lowest BCUT2D eigenvalue weighted by molar-refractivity contribution is -0.117. The zero-order chi connectivity index (χ0) is 12.8. The Labute approximate surface area is 100 Å². The van der Waals surface area contributed by atoms with Gasteiger partial charge >= 0.3 is 0 Å². The molecule has 1 aromatic carbocycles. The van der Waals surface area contributed by atoms with Crippen LogP contribution in [0.4, 0.5) is 5.69 Å². The first-order valence-corrected chi connectivity index (χ1v) is 5.47. The fourth-order valence-corrected chi connectivity index (χ4v) is 1.27. The minimum atomic E-state index is -0.506. The van der Waals surface area contributed by atoms with Gasteiger partial charge < -0.3 is 16.4 Å². The van der Waals surface area contributed by atoms with Crippen LogP contribution in [0.2, 0.25) is 0 Å². The van der Waals surface area contributed by atoms with Crippen molar-refractivity contribution in [2.24, 2.45) is 5.73 Å². The summed E-state index contributed by atoms with van der Waals surface area (Å²) in [6.07, 6.45) is 0.585. The van der Waals surface area contributed by atoms with Crippen LogP contribution in [0.1, 0.15) is 23.7 Å². The highest BCUT2D eigenvalue weighted by Crippen LogP contribution is 2.10. The van der Waals surface area contributed by atoms with Crippen molar-refractivity contribution < 1.29 is 9.59 Å². The van der Waals surface area contributed by atoms with Crippen LogP contribution in [0, 0.1) is 0 Å². The van der Waals surface area contributed by atoms with Gasteiger partial charge in [0.05, 0.1) is 6.04 Å². The number of hydrogen-bond donors (Lipinski definition) is 3. The molecule has 1 atom stereocenters. The molecule has 92 valence electrons. The zero-order valence-electron chi connectivity index (χ0n) is 9.99. The third-order valence-electron chi connectivity index (χ3n) is 2.42. The molecule has 0 heterocycles. The van der Waals surface area contributed by atoms with Crippen LogP contribution in [-0.4, -0.2) is 24.9 Å². The quantitative estimate of drug-likeness (QED) is 0.719. The molecule has 5 heteroatoms. The number of anilines is 1. The molecule has 0 saturated heterocycles. The fraction of sp³-hybridized carbons (Fsp3) is 0.333. The molecule has 0 unspecified atom stereocenters. The van der Waals surface area contributed by atoms with Crippen molar-refractivity contribution in [2.75, 3.05) is 12.4 Å². The highest BCUT2D eigenvalue weighted by atomic mass is 16.2. The van der Waals surface area contributed by atoms with Gasteiger partial charge in [-0.2, -0.15) is 0 Å². The second kappa shape index (κ2) is 6.00. The highest BCUT2D eigenvalue weighted by Gasteiger charge is 2.11. The van der Waals surface area contributed by atoms with Crippen LogP contribution in [0.15, 0.2) is 24.3 Å². The molecular formula is C12H17N3O2. The van der Waals surface area contributed by atoms with E-state index in [1.165, 1.54) is 0 Å². The number of nitrogens with two attached hydrogens (primary N) is 1. The average Bonchev–Trinajstić information content (AvgIpc) is 2.37. The first-order chi connectivity index (χ1) is 8.08. The number of hydrogen-bond acceptors (Lipinski definition) is 3. The molecule has 1 aromatic rings. The molecule has 0 saturated carbocycles. The van der Waals surface area contributed by atoms with Crippen molar-refractivity contribution in [3.05, 3.63) is 29.8 Å². The van der Waals surface area contributed by atoms with Gasteiger partial charge in [0.2, 0.25) is 5.91 Å². The fourth-order valence-electron chi connectivity index (χ4n) is 1.27. The second-order valence-corrected chi connectivity index (χ2v) is 3.66. The van der Waals surface area contributed by atoms with E-state index in [-0.39, 0.29) is 11.8 Å². The summed E-state index contributed by atoms with van der Waals surface area (Å²) in [7, 11) is 1.57. The Balaban J connectivity index is 2.69. The first-order valence-electron chi connectivity index (χ1n) is 5.47. The molecule has 0 radical (unpaired) electrons. The van der Waals surface area contributed by atoms with E-state index in [9.17, 15) is 9.59 Å². The Morgan fingerprint density at radius 1 is 1.29 bits per heavy atom. The zero-order valence-corrected chi connectivity index (χ0v) is 9.99. The first kappa shape index (κ1) is 13.2. The Hall–Kier alpha value is -1.88. The van der Waals surface area contributed by atoms with Gasteiger partial charge in [0, 0.05) is 18.3 Å². The second-order valence-electron chi connectivity index (χ2n) is 3.66. The summed E-state index contributed by atoms with van der Waals surface area (Å²) in [5.41, 5.74) is 6.77. The van der Waals surface area contributed by atoms with Crippen LogP contribution >= 0.6 is 0 Å². The van der Waals surface area contributed by atoms with Crippen LogP contribution in [0.25, 0.3) is 0 Å². The molecule has 0 fully saturated rings. The standard InChI is InChI=1S/C12H17N3O2/c1-3-10(13)12(17)15-9-6-4-8(5-7-9)11(16)14-2/h4-7,10H,3,13H2,1-2H3,(H,14,16)(H,15,17)/t10-/m1/s1. The number of rotatable bonds is 4. The maximum atomic E-state index is 11.5. The maximum absolute atomic E-state index is 11.5. The molecule has 5 nitrogen and oxygen atoms in total. The monoisotopic (exact) mass is 235 g/mol. The van der Waals surface area contributed by atoms with Crippen molar-refractivity contribution in [1.29, 1.82) is 0 Å². The Kier molecular flexibility index (Phi) is 4.66. The molecular weight excluding hydrogens is 218 g/mol. The normalized spacial score (nSPS) is 11.7. The highest BCUT2D eigenvalue weighted by molar-refractivity contribution is 5.96. The van der Waals surface area contributed by atoms with Crippen LogP contribution in [0.5, 0.6) is 0 Å². The van der Waals surface area contributed by atoms with Gasteiger partial charge in [-0.05, 0) is 30.7 Å². The molecule has 0 aliphatic carbocycles. The summed E-state index contributed by atoms with van der Waals surface area (Å²) in [5, 5.41) is 5.20. The lowest BCUT2D eigenvalue weighted by atomic mass is 10.2. The number of benzene rings is 1. The lowest BCUT2D eigenvalue weighted by Crippen LogP contribution is -2.34. The molecule has 0 bridgehead atoms. The van der Waals surface area contributed by atoms with E-state index in [4.69, 9.17) is 5.73 Å². The van der Waals surface area contributed by atoms with Crippen molar-refractivity contribution in [1.82, 2.24) is 5.32 Å². The smallest absolute Gasteiger partial charge is 0.251 e. The van der Waals surface area contributed by atoms with Crippen LogP contribution in [0.3, 0.4) is 0 Å². The van der Waals surface area contributed by atoms with E-state index in [0.29, 0.717) is 17.7 Å². The molecule has 4 N–H and O–H groups in total. The molecule has 2 amide bonds. The van der Waals surface area contributed by atoms with Crippen LogP contribution < -0.4 is 16.4 Å². The van der Waals surface area contributed by atoms with E-state index in [1.807, 2.05) is 6.92 Å². The summed E-state index contributed by atoms with van der Waals surface area (Å²) in [5.74, 6) is -0.381. The topological polar surface area (TPSA) is 84.2 Å². The Morgan fingerprint density at radius 3 is 2.35 bits per heavy atom. The third-order valence-corrected chi connectivity index (χ3v) is 2.42. The van der Waals surface area contributed by atoms with Gasteiger partial charge in [-0.3, -0.25) is 9.59 Å². The molecule has 0 aromatic heterocycles. The van der Waals surface area contributed by atoms with E-state index >= 15 is 0 Å². The Bertz CT molecular complexity index is 401. The minimum absolute atomic E-state index is 0.159. The summed E-state index contributed by atoms with van der Waals surface area (Å²) in [4.78, 5) is 22.8. The predicted octanol–water partition coefficient (Wildman–Crippen LogP) is 0.722. The number of nitrogens with one attached hydrogen (secondary N) is 2. The summed E-state index contributed by atoms with van der Waals surface area (Å²) in [6, 6.07) is 6.13. The van der Waals surface area contributed by atoms with E-state index in [1.54, 1.807) is 31.3 Å². The molecule has 0 aliphatic heterocycles. The van der Waals surface area contributed by atoms with Gasteiger partial charge in [0.1, 0.15) is 0 Å².